The maximum atomic E-state index is 15.1. The van der Waals surface area contributed by atoms with Gasteiger partial charge in [0, 0.05) is 44.0 Å². The van der Waals surface area contributed by atoms with Crippen molar-refractivity contribution in [1.82, 2.24) is 14.9 Å². The van der Waals surface area contributed by atoms with Gasteiger partial charge < -0.3 is 24.3 Å². The van der Waals surface area contributed by atoms with Gasteiger partial charge in [-0.25, -0.2) is 23.1 Å². The van der Waals surface area contributed by atoms with Crippen molar-refractivity contribution in [2.45, 2.75) is 51.2 Å². The normalized spacial score (nSPS) is 22.2. The van der Waals surface area contributed by atoms with Crippen LogP contribution in [-0.2, 0) is 9.47 Å². The second-order valence-electron chi connectivity index (χ2n) is 9.03. The fourth-order valence-corrected chi connectivity index (χ4v) is 4.54. The van der Waals surface area contributed by atoms with Gasteiger partial charge in [-0.2, -0.15) is 0 Å². The molecule has 1 fully saturated rings. The maximum Gasteiger partial charge on any atom is 0.296 e. The standard InChI is InChI=1S/C24H27F3N4O4/c1-13(2)31-7-6-19(24(26,27)10-31)35-18-9-14(32-3)8-16-20(18)23(29-11-28-16)30-21-15(25)4-5-17-22(21)34-12-33-17/h8-9,11,13,19H,4-7,10,12H2,1-3H3,(H,28,29,30)/t19-/m1/s1. The third kappa shape index (κ3) is 4.44. The number of likely N-dealkylation sites (tertiary alicyclic amines) is 1. The van der Waals surface area contributed by atoms with E-state index in [2.05, 4.69) is 15.3 Å². The number of alkyl halides is 2. The molecule has 188 valence electrons. The van der Waals surface area contributed by atoms with E-state index in [4.69, 9.17) is 18.9 Å². The van der Waals surface area contributed by atoms with Crippen LogP contribution < -0.4 is 14.8 Å². The third-order valence-corrected chi connectivity index (χ3v) is 6.48. The minimum absolute atomic E-state index is 0.00308. The second-order valence-corrected chi connectivity index (χ2v) is 9.03. The van der Waals surface area contributed by atoms with Gasteiger partial charge in [0.15, 0.2) is 11.9 Å². The van der Waals surface area contributed by atoms with Gasteiger partial charge in [-0.1, -0.05) is 0 Å². The van der Waals surface area contributed by atoms with Gasteiger partial charge in [0.1, 0.15) is 40.9 Å². The molecule has 0 amide bonds. The smallest absolute Gasteiger partial charge is 0.296 e. The first-order chi connectivity index (χ1) is 16.8. The Morgan fingerprint density at radius 2 is 2.03 bits per heavy atom. The molecule has 1 aliphatic carbocycles. The largest absolute Gasteiger partial charge is 0.497 e. The zero-order chi connectivity index (χ0) is 24.7. The molecule has 0 spiro atoms. The molecular formula is C24H27F3N4O4. The average Bonchev–Trinajstić information content (AvgIpc) is 3.30. The molecule has 1 aromatic heterocycles. The second kappa shape index (κ2) is 9.10. The molecule has 1 atom stereocenters. The number of fused-ring (bicyclic) bond motifs is 1. The molecule has 0 radical (unpaired) electrons. The van der Waals surface area contributed by atoms with E-state index in [1.165, 1.54) is 19.5 Å². The van der Waals surface area contributed by atoms with E-state index in [1.54, 1.807) is 11.0 Å². The summed E-state index contributed by atoms with van der Waals surface area (Å²) in [5.74, 6) is -1.94. The van der Waals surface area contributed by atoms with E-state index in [0.717, 1.165) is 0 Å². The summed E-state index contributed by atoms with van der Waals surface area (Å²) in [6.45, 7) is 3.87. The lowest BCUT2D eigenvalue weighted by Gasteiger charge is -2.40. The van der Waals surface area contributed by atoms with Crippen molar-refractivity contribution in [3.05, 3.63) is 41.5 Å². The number of methoxy groups -OCH3 is 1. The van der Waals surface area contributed by atoms with Crippen LogP contribution in [0, 0.1) is 0 Å². The molecule has 2 aromatic rings. The van der Waals surface area contributed by atoms with Crippen LogP contribution in [0.3, 0.4) is 0 Å². The molecule has 35 heavy (non-hydrogen) atoms. The Morgan fingerprint density at radius 3 is 2.77 bits per heavy atom. The summed E-state index contributed by atoms with van der Waals surface area (Å²) in [4.78, 5) is 10.3. The van der Waals surface area contributed by atoms with E-state index in [9.17, 15) is 4.39 Å². The predicted molar refractivity (Wildman–Crippen MR) is 122 cm³/mol. The van der Waals surface area contributed by atoms with Gasteiger partial charge in [-0.3, -0.25) is 4.90 Å². The quantitative estimate of drug-likeness (QED) is 0.620. The van der Waals surface area contributed by atoms with Crippen LogP contribution in [0.1, 0.15) is 33.1 Å². The lowest BCUT2D eigenvalue weighted by Crippen LogP contribution is -2.55. The van der Waals surface area contributed by atoms with Crippen molar-refractivity contribution in [3.63, 3.8) is 0 Å². The monoisotopic (exact) mass is 492 g/mol. The summed E-state index contributed by atoms with van der Waals surface area (Å²) in [6, 6.07) is 3.16. The topological polar surface area (TPSA) is 78.0 Å². The molecule has 1 saturated heterocycles. The summed E-state index contributed by atoms with van der Waals surface area (Å²) in [7, 11) is 1.47. The molecule has 1 aromatic carbocycles. The van der Waals surface area contributed by atoms with Crippen molar-refractivity contribution in [2.24, 2.45) is 0 Å². The van der Waals surface area contributed by atoms with Crippen molar-refractivity contribution >= 4 is 16.7 Å². The Balaban J connectivity index is 1.53. The van der Waals surface area contributed by atoms with Crippen LogP contribution >= 0.6 is 0 Å². The van der Waals surface area contributed by atoms with Crippen LogP contribution in [0.2, 0.25) is 0 Å². The van der Waals surface area contributed by atoms with E-state index >= 15 is 8.78 Å². The molecule has 1 N–H and O–H groups in total. The SMILES string of the molecule is COc1cc(O[C@@H]2CCN(C(C)C)CC2(F)F)c2c(NC3=C(F)CCC4=C3OCO4)ncnc2c1. The van der Waals surface area contributed by atoms with Gasteiger partial charge in [0.05, 0.1) is 24.6 Å². The van der Waals surface area contributed by atoms with E-state index in [0.29, 0.717) is 35.4 Å². The van der Waals surface area contributed by atoms with Gasteiger partial charge in [-0.15, -0.1) is 0 Å². The Labute approximate surface area is 200 Å². The van der Waals surface area contributed by atoms with Gasteiger partial charge in [0.2, 0.25) is 6.79 Å². The maximum absolute atomic E-state index is 15.1. The van der Waals surface area contributed by atoms with E-state index in [1.807, 2.05) is 13.8 Å². The lowest BCUT2D eigenvalue weighted by atomic mass is 10.0. The zero-order valence-corrected chi connectivity index (χ0v) is 19.7. The molecule has 8 nitrogen and oxygen atoms in total. The minimum atomic E-state index is -3.08. The summed E-state index contributed by atoms with van der Waals surface area (Å²) < 4.78 is 67.2. The summed E-state index contributed by atoms with van der Waals surface area (Å²) in [5.41, 5.74) is 0.496. The van der Waals surface area contributed by atoms with Gasteiger partial charge in [0.25, 0.3) is 5.92 Å². The van der Waals surface area contributed by atoms with Crippen LogP contribution in [0.25, 0.3) is 10.9 Å². The third-order valence-electron chi connectivity index (χ3n) is 6.48. The van der Waals surface area contributed by atoms with Crippen LogP contribution in [0.4, 0.5) is 19.0 Å². The molecule has 0 unspecified atom stereocenters. The highest BCUT2D eigenvalue weighted by Gasteiger charge is 2.47. The first-order valence-electron chi connectivity index (χ1n) is 11.5. The Morgan fingerprint density at radius 1 is 1.20 bits per heavy atom. The number of piperidine rings is 1. The summed E-state index contributed by atoms with van der Waals surface area (Å²) >= 11 is 0. The van der Waals surface area contributed by atoms with Crippen LogP contribution in [0.15, 0.2) is 41.5 Å². The molecule has 11 heteroatoms. The first-order valence-corrected chi connectivity index (χ1v) is 11.5. The fourth-order valence-electron chi connectivity index (χ4n) is 4.54. The van der Waals surface area contributed by atoms with Crippen molar-refractivity contribution in [2.75, 3.05) is 32.3 Å². The number of benzene rings is 1. The highest BCUT2D eigenvalue weighted by Crippen LogP contribution is 2.41. The summed E-state index contributed by atoms with van der Waals surface area (Å²) in [5, 5.41) is 3.31. The molecule has 5 rings (SSSR count). The van der Waals surface area contributed by atoms with Crippen molar-refractivity contribution < 1.29 is 32.1 Å². The number of ether oxygens (including phenoxy) is 4. The van der Waals surface area contributed by atoms with E-state index < -0.39 is 24.4 Å². The Hall–Kier alpha value is -3.21. The number of aromatic nitrogens is 2. The fraction of sp³-hybridized carbons (Fsp3) is 0.500. The van der Waals surface area contributed by atoms with Crippen LogP contribution in [0.5, 0.6) is 11.5 Å². The minimum Gasteiger partial charge on any atom is -0.497 e. The van der Waals surface area contributed by atoms with Crippen molar-refractivity contribution in [3.8, 4) is 11.5 Å². The Kier molecular flexibility index (Phi) is 6.12. The number of nitrogens with zero attached hydrogens (tertiary/aromatic N) is 3. The van der Waals surface area contributed by atoms with Gasteiger partial charge in [-0.05, 0) is 13.8 Å². The number of rotatable bonds is 6. The highest BCUT2D eigenvalue weighted by molar-refractivity contribution is 5.96. The average molecular weight is 492 g/mol. The number of allylic oxidation sites excluding steroid dienone is 2. The zero-order valence-electron chi connectivity index (χ0n) is 19.7. The van der Waals surface area contributed by atoms with Crippen LogP contribution in [-0.4, -0.2) is 59.9 Å². The number of hydrogen-bond acceptors (Lipinski definition) is 8. The number of nitrogens with one attached hydrogen (secondary N) is 1. The molecule has 0 saturated carbocycles. The van der Waals surface area contributed by atoms with Gasteiger partial charge >= 0.3 is 0 Å². The molecular weight excluding hydrogens is 465 g/mol. The van der Waals surface area contributed by atoms with E-state index in [-0.39, 0.29) is 48.7 Å². The molecule has 3 aliphatic rings. The van der Waals surface area contributed by atoms with Crippen molar-refractivity contribution in [1.29, 1.82) is 0 Å². The predicted octanol–water partition coefficient (Wildman–Crippen LogP) is 4.74. The number of hydrogen-bond donors (Lipinski definition) is 1. The Bertz CT molecular complexity index is 1200. The number of anilines is 1. The lowest BCUT2D eigenvalue weighted by molar-refractivity contribution is -0.143. The molecule has 0 bridgehead atoms. The first kappa shape index (κ1) is 23.5. The number of halogens is 3. The highest BCUT2D eigenvalue weighted by atomic mass is 19.3. The molecule has 3 heterocycles. The summed E-state index contributed by atoms with van der Waals surface area (Å²) in [6.07, 6.45) is 0.624. The molecule has 2 aliphatic heterocycles.